The first-order valence-electron chi connectivity index (χ1n) is 11.2. The normalized spacial score (nSPS) is 11.7. The van der Waals surface area contributed by atoms with Crippen LogP contribution in [0, 0.1) is 13.8 Å². The number of rotatable bonds is 8. The summed E-state index contributed by atoms with van der Waals surface area (Å²) < 4.78 is 34.3. The number of aryl methyl sites for hydroxylation is 2. The number of nitrogens with one attached hydrogen (secondary N) is 2. The fourth-order valence-corrected chi connectivity index (χ4v) is 4.81. The second-order valence-corrected chi connectivity index (χ2v) is 10.9. The lowest BCUT2D eigenvalue weighted by atomic mass is 9.87. The van der Waals surface area contributed by atoms with E-state index in [-0.39, 0.29) is 28.3 Å². The van der Waals surface area contributed by atoms with E-state index in [1.54, 1.807) is 31.2 Å². The molecular weight excluding hydrogens is 448 g/mol. The third-order valence-corrected chi connectivity index (χ3v) is 7.01. The monoisotopic (exact) mass is 480 g/mol. The highest BCUT2D eigenvalue weighted by atomic mass is 32.2. The molecule has 2 N–H and O–H groups in total. The summed E-state index contributed by atoms with van der Waals surface area (Å²) in [6.07, 6.45) is 0. The largest absolute Gasteiger partial charge is 0.492 e. The molecule has 0 aliphatic carbocycles. The molecule has 0 aliphatic rings. The number of benzene rings is 3. The summed E-state index contributed by atoms with van der Waals surface area (Å²) in [5.74, 6) is 0.368. The van der Waals surface area contributed by atoms with Crippen LogP contribution >= 0.6 is 0 Å². The van der Waals surface area contributed by atoms with Crippen molar-refractivity contribution in [3.05, 3.63) is 89.0 Å². The maximum Gasteiger partial charge on any atom is 0.262 e. The number of ether oxygens (including phenoxy) is 1. The molecule has 0 radical (unpaired) electrons. The van der Waals surface area contributed by atoms with Gasteiger partial charge in [-0.15, -0.1) is 0 Å². The maximum absolute atomic E-state index is 13.0. The number of hydrogen-bond acceptors (Lipinski definition) is 4. The first kappa shape index (κ1) is 25.3. The molecule has 0 heterocycles. The summed E-state index contributed by atoms with van der Waals surface area (Å²) in [6, 6.07) is 19.7. The third-order valence-electron chi connectivity index (χ3n) is 5.51. The molecule has 3 aromatic carbocycles. The van der Waals surface area contributed by atoms with Crippen LogP contribution in [0.1, 0.15) is 47.8 Å². The molecule has 0 saturated carbocycles. The lowest BCUT2D eigenvalue weighted by Gasteiger charge is -2.19. The Hall–Kier alpha value is -3.32. The summed E-state index contributed by atoms with van der Waals surface area (Å²) in [7, 11) is -3.85. The third kappa shape index (κ3) is 6.38. The van der Waals surface area contributed by atoms with Gasteiger partial charge < -0.3 is 10.1 Å². The number of hydrogen-bond donors (Lipinski definition) is 2. The van der Waals surface area contributed by atoms with Crippen LogP contribution in [0.15, 0.2) is 71.6 Å². The average Bonchev–Trinajstić information content (AvgIpc) is 2.78. The van der Waals surface area contributed by atoms with Crippen LogP contribution in [-0.2, 0) is 15.4 Å². The van der Waals surface area contributed by atoms with Gasteiger partial charge in [0.05, 0.1) is 17.1 Å². The fraction of sp³-hybridized carbons (Fsp3) is 0.296. The maximum atomic E-state index is 13.0. The minimum absolute atomic E-state index is 0.0681. The molecule has 0 aliphatic heterocycles. The topological polar surface area (TPSA) is 84.5 Å². The second kappa shape index (κ2) is 10.3. The zero-order chi connectivity index (χ0) is 24.9. The second-order valence-electron chi connectivity index (χ2n) is 9.28. The lowest BCUT2D eigenvalue weighted by Crippen LogP contribution is -2.28. The van der Waals surface area contributed by atoms with Gasteiger partial charge in [0.25, 0.3) is 15.9 Å². The Morgan fingerprint density at radius 3 is 2.24 bits per heavy atom. The van der Waals surface area contributed by atoms with Gasteiger partial charge in [-0.2, -0.15) is 0 Å². The molecule has 180 valence electrons. The molecule has 0 unspecified atom stereocenters. The smallest absolute Gasteiger partial charge is 0.262 e. The predicted octanol–water partition coefficient (Wildman–Crippen LogP) is 5.21. The van der Waals surface area contributed by atoms with Gasteiger partial charge in [-0.3, -0.25) is 9.52 Å². The first-order valence-corrected chi connectivity index (χ1v) is 12.7. The molecule has 0 bridgehead atoms. The Morgan fingerprint density at radius 2 is 1.59 bits per heavy atom. The zero-order valence-corrected chi connectivity index (χ0v) is 21.1. The SMILES string of the molecule is Cc1ccccc1NS(=O)(=O)c1cc(C(=O)NCCOc2ccc(C(C)(C)C)cc2)ccc1C. The van der Waals surface area contributed by atoms with Gasteiger partial charge in [-0.05, 0) is 66.3 Å². The number of anilines is 1. The Labute approximate surface area is 202 Å². The quantitative estimate of drug-likeness (QED) is 0.434. The standard InChI is InChI=1S/C27H32N2O4S/c1-19-8-6-7-9-24(19)29-34(31,32)25-18-21(11-10-20(25)2)26(30)28-16-17-33-23-14-12-22(13-15-23)27(3,4)5/h6-15,18,29H,16-17H2,1-5H3,(H,28,30). The van der Waals surface area contributed by atoms with Crippen molar-refractivity contribution in [2.45, 2.75) is 44.9 Å². The van der Waals surface area contributed by atoms with Gasteiger partial charge in [-0.25, -0.2) is 8.42 Å². The summed E-state index contributed by atoms with van der Waals surface area (Å²) in [5.41, 5.74) is 3.43. The summed E-state index contributed by atoms with van der Waals surface area (Å²) in [6.45, 7) is 10.6. The van der Waals surface area contributed by atoms with Crippen LogP contribution in [0.3, 0.4) is 0 Å². The predicted molar refractivity (Wildman–Crippen MR) is 136 cm³/mol. The molecule has 6 nitrogen and oxygen atoms in total. The van der Waals surface area contributed by atoms with Crippen LogP contribution in [-0.4, -0.2) is 27.5 Å². The highest BCUT2D eigenvalue weighted by molar-refractivity contribution is 7.92. The van der Waals surface area contributed by atoms with E-state index in [1.165, 1.54) is 11.6 Å². The molecule has 1 amide bonds. The zero-order valence-electron chi connectivity index (χ0n) is 20.3. The van der Waals surface area contributed by atoms with Crippen molar-refractivity contribution in [3.63, 3.8) is 0 Å². The number of sulfonamides is 1. The van der Waals surface area contributed by atoms with E-state index < -0.39 is 10.0 Å². The Morgan fingerprint density at radius 1 is 0.912 bits per heavy atom. The molecular formula is C27H32N2O4S. The fourth-order valence-electron chi connectivity index (χ4n) is 3.40. The van der Waals surface area contributed by atoms with E-state index in [4.69, 9.17) is 4.74 Å². The molecule has 0 atom stereocenters. The first-order chi connectivity index (χ1) is 16.0. The van der Waals surface area contributed by atoms with Crippen LogP contribution in [0.25, 0.3) is 0 Å². The Balaban J connectivity index is 1.61. The van der Waals surface area contributed by atoms with Crippen molar-refractivity contribution in [1.82, 2.24) is 5.32 Å². The molecule has 0 fully saturated rings. The minimum atomic E-state index is -3.85. The minimum Gasteiger partial charge on any atom is -0.492 e. The molecule has 0 spiro atoms. The van der Waals surface area contributed by atoms with E-state index in [2.05, 4.69) is 30.8 Å². The molecule has 0 aromatic heterocycles. The highest BCUT2D eigenvalue weighted by Crippen LogP contribution is 2.25. The van der Waals surface area contributed by atoms with Gasteiger partial charge in [0.1, 0.15) is 12.4 Å². The van der Waals surface area contributed by atoms with Crippen LogP contribution in [0.4, 0.5) is 5.69 Å². The number of carbonyl (C=O) groups is 1. The number of amides is 1. The van der Waals surface area contributed by atoms with Crippen molar-refractivity contribution >= 4 is 21.6 Å². The van der Waals surface area contributed by atoms with E-state index in [0.717, 1.165) is 11.3 Å². The average molecular weight is 481 g/mol. The van der Waals surface area contributed by atoms with E-state index in [1.807, 2.05) is 43.3 Å². The van der Waals surface area contributed by atoms with Crippen molar-refractivity contribution in [2.75, 3.05) is 17.9 Å². The summed E-state index contributed by atoms with van der Waals surface area (Å²) >= 11 is 0. The molecule has 3 rings (SSSR count). The van der Waals surface area contributed by atoms with Gasteiger partial charge in [0.15, 0.2) is 0 Å². The van der Waals surface area contributed by atoms with Crippen molar-refractivity contribution in [2.24, 2.45) is 0 Å². The van der Waals surface area contributed by atoms with E-state index in [0.29, 0.717) is 17.9 Å². The van der Waals surface area contributed by atoms with Gasteiger partial charge >= 0.3 is 0 Å². The van der Waals surface area contributed by atoms with Crippen LogP contribution in [0.5, 0.6) is 5.75 Å². The summed E-state index contributed by atoms with van der Waals surface area (Å²) in [5, 5.41) is 2.78. The molecule has 3 aromatic rings. The molecule has 34 heavy (non-hydrogen) atoms. The van der Waals surface area contributed by atoms with Crippen molar-refractivity contribution < 1.29 is 17.9 Å². The molecule has 0 saturated heterocycles. The number of para-hydroxylation sites is 1. The molecule has 7 heteroatoms. The van der Waals surface area contributed by atoms with Crippen molar-refractivity contribution in [3.8, 4) is 5.75 Å². The van der Waals surface area contributed by atoms with Crippen molar-refractivity contribution in [1.29, 1.82) is 0 Å². The van der Waals surface area contributed by atoms with Crippen LogP contribution in [0.2, 0.25) is 0 Å². The van der Waals surface area contributed by atoms with Crippen LogP contribution < -0.4 is 14.8 Å². The number of carbonyl (C=O) groups excluding carboxylic acids is 1. The lowest BCUT2D eigenvalue weighted by molar-refractivity contribution is 0.0946. The Bertz CT molecular complexity index is 1260. The Kier molecular flexibility index (Phi) is 7.67. The summed E-state index contributed by atoms with van der Waals surface area (Å²) in [4.78, 5) is 12.7. The van der Waals surface area contributed by atoms with Gasteiger partial charge in [0, 0.05) is 5.56 Å². The van der Waals surface area contributed by atoms with Gasteiger partial charge in [-0.1, -0.05) is 57.2 Å². The highest BCUT2D eigenvalue weighted by Gasteiger charge is 2.20. The van der Waals surface area contributed by atoms with E-state index in [9.17, 15) is 13.2 Å². The van der Waals surface area contributed by atoms with E-state index >= 15 is 0 Å². The van der Waals surface area contributed by atoms with Gasteiger partial charge in [0.2, 0.25) is 0 Å².